The molecule has 0 fully saturated rings. The standard InChI is InChI=1S/C21H28N4/c1-6-19-24-20-16(4)23-15(3)14-18(20)25(19)21(5)11-8-17(9-12-21)10-13-22-7-2/h7-9,11,14,22H,2,6,10,12-13H2,1,3-5H3. The summed E-state index contributed by atoms with van der Waals surface area (Å²) >= 11 is 0. The van der Waals surface area contributed by atoms with Crippen molar-refractivity contribution in [3.8, 4) is 0 Å². The number of allylic oxidation sites excluding steroid dienone is 3. The Labute approximate surface area is 150 Å². The van der Waals surface area contributed by atoms with E-state index in [9.17, 15) is 0 Å². The summed E-state index contributed by atoms with van der Waals surface area (Å²) in [6.45, 7) is 13.2. The second-order valence-electron chi connectivity index (χ2n) is 7.02. The zero-order chi connectivity index (χ0) is 18.0. The van der Waals surface area contributed by atoms with Gasteiger partial charge < -0.3 is 9.88 Å². The summed E-state index contributed by atoms with van der Waals surface area (Å²) < 4.78 is 2.41. The third-order valence-corrected chi connectivity index (χ3v) is 4.98. The Morgan fingerprint density at radius 1 is 1.36 bits per heavy atom. The molecule has 1 atom stereocenters. The molecular weight excluding hydrogens is 308 g/mol. The second-order valence-corrected chi connectivity index (χ2v) is 7.02. The van der Waals surface area contributed by atoms with Gasteiger partial charge in [0, 0.05) is 18.7 Å². The van der Waals surface area contributed by atoms with Crippen molar-refractivity contribution in [2.24, 2.45) is 0 Å². The third-order valence-electron chi connectivity index (χ3n) is 4.98. The maximum atomic E-state index is 4.90. The third kappa shape index (κ3) is 3.26. The number of aryl methyl sites for hydroxylation is 3. The summed E-state index contributed by atoms with van der Waals surface area (Å²) in [6.07, 6.45) is 11.6. The molecule has 0 saturated heterocycles. The molecule has 2 heterocycles. The minimum absolute atomic E-state index is 0.0876. The number of nitrogens with one attached hydrogen (secondary N) is 1. The van der Waals surface area contributed by atoms with E-state index in [-0.39, 0.29) is 5.54 Å². The van der Waals surface area contributed by atoms with Gasteiger partial charge in [-0.05, 0) is 45.9 Å². The molecule has 0 bridgehead atoms. The van der Waals surface area contributed by atoms with Crippen LogP contribution in [-0.2, 0) is 12.0 Å². The van der Waals surface area contributed by atoms with Crippen molar-refractivity contribution in [2.75, 3.05) is 6.54 Å². The molecule has 1 unspecified atom stereocenters. The fraction of sp³-hybridized carbons (Fsp3) is 0.429. The average Bonchev–Trinajstić information content (AvgIpc) is 2.96. The van der Waals surface area contributed by atoms with Crippen molar-refractivity contribution in [1.82, 2.24) is 19.9 Å². The fourth-order valence-corrected chi connectivity index (χ4v) is 3.67. The smallest absolute Gasteiger partial charge is 0.110 e. The highest BCUT2D eigenvalue weighted by Gasteiger charge is 2.29. The Kier molecular flexibility index (Phi) is 4.80. The summed E-state index contributed by atoms with van der Waals surface area (Å²) in [7, 11) is 0. The van der Waals surface area contributed by atoms with Crippen LogP contribution in [0, 0.1) is 13.8 Å². The minimum atomic E-state index is -0.0876. The number of rotatable bonds is 6. The SMILES string of the molecule is C=CNCCC1=CCC(C)(n2c(CC)nc3c(C)nc(C)cc32)C=C1. The molecule has 2 aromatic rings. The number of nitrogens with zero attached hydrogens (tertiary/aromatic N) is 3. The quantitative estimate of drug-likeness (QED) is 0.798. The molecular formula is C21H28N4. The number of hydrogen-bond acceptors (Lipinski definition) is 3. The van der Waals surface area contributed by atoms with Crippen LogP contribution in [0.2, 0.25) is 0 Å². The van der Waals surface area contributed by atoms with Gasteiger partial charge in [-0.25, -0.2) is 4.98 Å². The zero-order valence-electron chi connectivity index (χ0n) is 15.8. The van der Waals surface area contributed by atoms with Crippen LogP contribution in [0.1, 0.15) is 43.9 Å². The molecule has 4 nitrogen and oxygen atoms in total. The number of fused-ring (bicyclic) bond motifs is 1. The summed E-state index contributed by atoms with van der Waals surface area (Å²) in [6, 6.07) is 2.17. The van der Waals surface area contributed by atoms with Gasteiger partial charge >= 0.3 is 0 Å². The molecule has 0 aliphatic heterocycles. The van der Waals surface area contributed by atoms with E-state index in [1.165, 1.54) is 11.1 Å². The highest BCUT2D eigenvalue weighted by molar-refractivity contribution is 5.79. The van der Waals surface area contributed by atoms with Gasteiger partial charge in [-0.2, -0.15) is 0 Å². The van der Waals surface area contributed by atoms with E-state index < -0.39 is 0 Å². The van der Waals surface area contributed by atoms with Crippen molar-refractivity contribution in [3.63, 3.8) is 0 Å². The van der Waals surface area contributed by atoms with Crippen LogP contribution in [-0.4, -0.2) is 21.1 Å². The van der Waals surface area contributed by atoms with Crippen LogP contribution < -0.4 is 5.32 Å². The zero-order valence-corrected chi connectivity index (χ0v) is 15.8. The maximum absolute atomic E-state index is 4.90. The molecule has 0 saturated carbocycles. The van der Waals surface area contributed by atoms with E-state index in [1.54, 1.807) is 6.20 Å². The summed E-state index contributed by atoms with van der Waals surface area (Å²) in [4.78, 5) is 9.49. The van der Waals surface area contributed by atoms with E-state index in [0.717, 1.165) is 48.5 Å². The van der Waals surface area contributed by atoms with Crippen LogP contribution in [0.3, 0.4) is 0 Å². The Morgan fingerprint density at radius 3 is 2.80 bits per heavy atom. The lowest BCUT2D eigenvalue weighted by molar-refractivity contribution is 0.407. The van der Waals surface area contributed by atoms with E-state index in [0.29, 0.717) is 0 Å². The Hall–Kier alpha value is -2.36. The van der Waals surface area contributed by atoms with E-state index in [4.69, 9.17) is 4.98 Å². The molecule has 0 spiro atoms. The Bertz CT molecular complexity index is 856. The number of hydrogen-bond donors (Lipinski definition) is 1. The number of aromatic nitrogens is 3. The van der Waals surface area contributed by atoms with Gasteiger partial charge in [0.25, 0.3) is 0 Å². The predicted octanol–water partition coefficient (Wildman–Crippen LogP) is 4.34. The largest absolute Gasteiger partial charge is 0.391 e. The monoisotopic (exact) mass is 336 g/mol. The molecule has 1 aliphatic carbocycles. The van der Waals surface area contributed by atoms with Gasteiger partial charge in [0.05, 0.1) is 16.7 Å². The van der Waals surface area contributed by atoms with Crippen molar-refractivity contribution in [3.05, 3.63) is 59.9 Å². The summed E-state index contributed by atoms with van der Waals surface area (Å²) in [5.74, 6) is 1.13. The van der Waals surface area contributed by atoms with Crippen molar-refractivity contribution in [1.29, 1.82) is 0 Å². The molecule has 2 aromatic heterocycles. The Morgan fingerprint density at radius 2 is 2.16 bits per heavy atom. The highest BCUT2D eigenvalue weighted by Crippen LogP contribution is 2.34. The van der Waals surface area contributed by atoms with Gasteiger partial charge in [-0.3, -0.25) is 4.98 Å². The van der Waals surface area contributed by atoms with E-state index >= 15 is 0 Å². The molecule has 1 aliphatic rings. The molecule has 0 amide bonds. The van der Waals surface area contributed by atoms with Crippen LogP contribution in [0.4, 0.5) is 0 Å². The Balaban J connectivity index is 1.99. The van der Waals surface area contributed by atoms with E-state index in [2.05, 4.69) is 73.4 Å². The van der Waals surface area contributed by atoms with E-state index in [1.807, 2.05) is 0 Å². The van der Waals surface area contributed by atoms with Crippen molar-refractivity contribution >= 4 is 11.0 Å². The van der Waals surface area contributed by atoms with Gasteiger partial charge in [-0.1, -0.05) is 37.3 Å². The molecule has 4 heteroatoms. The first-order valence-corrected chi connectivity index (χ1v) is 9.07. The second kappa shape index (κ2) is 6.87. The fourth-order valence-electron chi connectivity index (χ4n) is 3.67. The lowest BCUT2D eigenvalue weighted by Crippen LogP contribution is -2.30. The predicted molar refractivity (Wildman–Crippen MR) is 105 cm³/mol. The van der Waals surface area contributed by atoms with Gasteiger partial charge in [0.15, 0.2) is 0 Å². The molecule has 1 N–H and O–H groups in total. The van der Waals surface area contributed by atoms with Crippen molar-refractivity contribution in [2.45, 2.75) is 52.5 Å². The van der Waals surface area contributed by atoms with Crippen LogP contribution in [0.25, 0.3) is 11.0 Å². The average molecular weight is 336 g/mol. The molecule has 132 valence electrons. The topological polar surface area (TPSA) is 42.7 Å². The van der Waals surface area contributed by atoms with Crippen LogP contribution in [0.5, 0.6) is 0 Å². The van der Waals surface area contributed by atoms with Crippen LogP contribution in [0.15, 0.2) is 42.6 Å². The molecule has 3 rings (SSSR count). The first kappa shape index (κ1) is 17.5. The van der Waals surface area contributed by atoms with Gasteiger partial charge in [0.2, 0.25) is 0 Å². The minimum Gasteiger partial charge on any atom is -0.391 e. The molecule has 0 aromatic carbocycles. The summed E-state index contributed by atoms with van der Waals surface area (Å²) in [5, 5.41) is 3.17. The first-order chi connectivity index (χ1) is 12.0. The molecule has 25 heavy (non-hydrogen) atoms. The van der Waals surface area contributed by atoms with Crippen molar-refractivity contribution < 1.29 is 0 Å². The highest BCUT2D eigenvalue weighted by atomic mass is 15.1. The summed E-state index contributed by atoms with van der Waals surface area (Å²) in [5.41, 5.74) is 5.57. The van der Waals surface area contributed by atoms with Gasteiger partial charge in [0.1, 0.15) is 11.3 Å². The number of imidazole rings is 1. The van der Waals surface area contributed by atoms with Crippen LogP contribution >= 0.6 is 0 Å². The first-order valence-electron chi connectivity index (χ1n) is 9.07. The normalized spacial score (nSPS) is 19.9. The van der Waals surface area contributed by atoms with Gasteiger partial charge in [-0.15, -0.1) is 0 Å². The maximum Gasteiger partial charge on any atom is 0.110 e. The lowest BCUT2D eigenvalue weighted by Gasteiger charge is -2.32. The number of pyridine rings is 1. The molecule has 0 radical (unpaired) electrons. The lowest BCUT2D eigenvalue weighted by atomic mass is 9.88.